The molecule has 0 spiro atoms. The fraction of sp³-hybridized carbons (Fsp3) is 0.182. The van der Waals surface area contributed by atoms with Crippen LogP contribution in [0.3, 0.4) is 0 Å². The van der Waals surface area contributed by atoms with Gasteiger partial charge in [-0.25, -0.2) is 0 Å². The van der Waals surface area contributed by atoms with Crippen LogP contribution >= 0.6 is 0 Å². The number of nitrogens with one attached hydrogen (secondary N) is 1. The van der Waals surface area contributed by atoms with Crippen molar-refractivity contribution in [3.8, 4) is 11.5 Å². The third-order valence-electron chi connectivity index (χ3n) is 4.64. The van der Waals surface area contributed by atoms with Crippen LogP contribution in [0, 0.1) is 0 Å². The number of ether oxygens (including phenoxy) is 1. The topological polar surface area (TPSA) is 21.3 Å². The van der Waals surface area contributed by atoms with E-state index in [-0.39, 0.29) is 0 Å². The molecule has 1 aliphatic rings. The van der Waals surface area contributed by atoms with E-state index in [9.17, 15) is 0 Å². The number of anilines is 1. The molecule has 0 saturated heterocycles. The molecular formula is C22H21NO. The third kappa shape index (κ3) is 3.28. The monoisotopic (exact) mass is 315 g/mol. The Morgan fingerprint density at radius 3 is 2.33 bits per heavy atom. The van der Waals surface area contributed by atoms with Gasteiger partial charge in [0.05, 0.1) is 0 Å². The van der Waals surface area contributed by atoms with E-state index in [1.165, 1.54) is 24.0 Å². The lowest BCUT2D eigenvalue weighted by atomic mass is 10.0. The van der Waals surface area contributed by atoms with Crippen molar-refractivity contribution in [2.45, 2.75) is 18.8 Å². The second kappa shape index (κ2) is 6.79. The van der Waals surface area contributed by atoms with Crippen LogP contribution in [0.5, 0.6) is 11.5 Å². The molecule has 0 radical (unpaired) electrons. The van der Waals surface area contributed by atoms with Crippen molar-refractivity contribution in [2.75, 3.05) is 11.9 Å². The molecule has 0 saturated carbocycles. The molecule has 0 heterocycles. The van der Waals surface area contributed by atoms with E-state index in [0.717, 1.165) is 23.7 Å². The van der Waals surface area contributed by atoms with Crippen molar-refractivity contribution in [1.82, 2.24) is 0 Å². The summed E-state index contributed by atoms with van der Waals surface area (Å²) >= 11 is 0. The van der Waals surface area contributed by atoms with E-state index < -0.39 is 0 Å². The Balaban J connectivity index is 1.36. The minimum Gasteiger partial charge on any atom is -0.457 e. The van der Waals surface area contributed by atoms with Gasteiger partial charge in [0.15, 0.2) is 0 Å². The largest absolute Gasteiger partial charge is 0.457 e. The smallest absolute Gasteiger partial charge is 0.127 e. The van der Waals surface area contributed by atoms with Gasteiger partial charge in [-0.05, 0) is 60.4 Å². The van der Waals surface area contributed by atoms with E-state index in [1.807, 2.05) is 42.5 Å². The Morgan fingerprint density at radius 2 is 1.50 bits per heavy atom. The number of hydrogen-bond acceptors (Lipinski definition) is 2. The van der Waals surface area contributed by atoms with Crippen molar-refractivity contribution < 1.29 is 4.74 Å². The first-order chi connectivity index (χ1) is 11.9. The maximum absolute atomic E-state index is 5.83. The summed E-state index contributed by atoms with van der Waals surface area (Å²) in [5, 5.41) is 3.56. The summed E-state index contributed by atoms with van der Waals surface area (Å²) in [6.07, 6.45) is 2.44. The molecule has 1 N–H and O–H groups in total. The highest BCUT2D eigenvalue weighted by Gasteiger charge is 2.21. The average Bonchev–Trinajstić information content (AvgIpc) is 3.05. The van der Waals surface area contributed by atoms with Crippen LogP contribution < -0.4 is 10.1 Å². The first-order valence-electron chi connectivity index (χ1n) is 8.53. The van der Waals surface area contributed by atoms with Crippen molar-refractivity contribution in [2.24, 2.45) is 0 Å². The van der Waals surface area contributed by atoms with Gasteiger partial charge in [0.2, 0.25) is 0 Å². The van der Waals surface area contributed by atoms with E-state index in [0.29, 0.717) is 5.92 Å². The van der Waals surface area contributed by atoms with Crippen LogP contribution in [0.15, 0.2) is 78.9 Å². The summed E-state index contributed by atoms with van der Waals surface area (Å²) < 4.78 is 5.83. The molecular weight excluding hydrogens is 294 g/mol. The van der Waals surface area contributed by atoms with Gasteiger partial charge in [-0.3, -0.25) is 0 Å². The molecule has 0 bridgehead atoms. The molecule has 24 heavy (non-hydrogen) atoms. The van der Waals surface area contributed by atoms with E-state index in [4.69, 9.17) is 4.74 Å². The standard InChI is InChI=1S/C22H21NO/c1-2-7-20(8-3-1)24-21-14-12-19(13-15-21)23-16-18-11-10-17-6-4-5-9-22(17)18/h1-9,12-15,18,23H,10-11,16H2. The van der Waals surface area contributed by atoms with Gasteiger partial charge < -0.3 is 10.1 Å². The van der Waals surface area contributed by atoms with Crippen molar-refractivity contribution in [1.29, 1.82) is 0 Å². The lowest BCUT2D eigenvalue weighted by Crippen LogP contribution is -2.10. The van der Waals surface area contributed by atoms with Crippen LogP contribution in [0.1, 0.15) is 23.5 Å². The zero-order valence-corrected chi connectivity index (χ0v) is 13.6. The quantitative estimate of drug-likeness (QED) is 0.659. The molecule has 1 unspecified atom stereocenters. The molecule has 0 amide bonds. The van der Waals surface area contributed by atoms with E-state index >= 15 is 0 Å². The van der Waals surface area contributed by atoms with Crippen LogP contribution in [-0.2, 0) is 6.42 Å². The first-order valence-corrected chi connectivity index (χ1v) is 8.53. The summed E-state index contributed by atoms with van der Waals surface area (Å²) in [5.74, 6) is 2.33. The van der Waals surface area contributed by atoms with Gasteiger partial charge in [0.25, 0.3) is 0 Å². The molecule has 1 atom stereocenters. The predicted octanol–water partition coefficient (Wildman–Crippen LogP) is 5.62. The Kier molecular flexibility index (Phi) is 4.20. The van der Waals surface area contributed by atoms with Gasteiger partial charge >= 0.3 is 0 Å². The number of hydrogen-bond donors (Lipinski definition) is 1. The SMILES string of the molecule is c1ccc(Oc2ccc(NCC3CCc4ccccc43)cc2)cc1. The molecule has 2 nitrogen and oxygen atoms in total. The fourth-order valence-electron chi connectivity index (χ4n) is 3.36. The summed E-state index contributed by atoms with van der Waals surface area (Å²) in [4.78, 5) is 0. The van der Waals surface area contributed by atoms with E-state index in [2.05, 4.69) is 41.7 Å². The van der Waals surface area contributed by atoms with Crippen molar-refractivity contribution >= 4 is 5.69 Å². The first kappa shape index (κ1) is 14.8. The molecule has 0 fully saturated rings. The Hall–Kier alpha value is -2.74. The molecule has 2 heteroatoms. The van der Waals surface area contributed by atoms with Crippen molar-refractivity contribution in [3.63, 3.8) is 0 Å². The number of rotatable bonds is 5. The summed E-state index contributed by atoms with van der Waals surface area (Å²) in [5.41, 5.74) is 4.16. The fourth-order valence-corrected chi connectivity index (χ4v) is 3.36. The highest BCUT2D eigenvalue weighted by molar-refractivity contribution is 5.48. The highest BCUT2D eigenvalue weighted by atomic mass is 16.5. The predicted molar refractivity (Wildman–Crippen MR) is 99.0 cm³/mol. The second-order valence-corrected chi connectivity index (χ2v) is 6.25. The Bertz CT molecular complexity index is 796. The summed E-state index contributed by atoms with van der Waals surface area (Å²) in [7, 11) is 0. The highest BCUT2D eigenvalue weighted by Crippen LogP contribution is 2.33. The van der Waals surface area contributed by atoms with Gasteiger partial charge in [-0.15, -0.1) is 0 Å². The number of para-hydroxylation sites is 1. The van der Waals surface area contributed by atoms with Crippen molar-refractivity contribution in [3.05, 3.63) is 90.0 Å². The summed E-state index contributed by atoms with van der Waals surface area (Å²) in [6.45, 7) is 0.982. The maximum atomic E-state index is 5.83. The Morgan fingerprint density at radius 1 is 0.792 bits per heavy atom. The molecule has 1 aliphatic carbocycles. The van der Waals surface area contributed by atoms with Gasteiger partial charge in [-0.2, -0.15) is 0 Å². The zero-order chi connectivity index (χ0) is 16.2. The molecule has 120 valence electrons. The van der Waals surface area contributed by atoms with Gasteiger partial charge in [0, 0.05) is 18.2 Å². The molecule has 4 rings (SSSR count). The summed E-state index contributed by atoms with van der Waals surface area (Å²) in [6, 6.07) is 26.9. The number of benzene rings is 3. The maximum Gasteiger partial charge on any atom is 0.127 e. The number of aryl methyl sites for hydroxylation is 1. The average molecular weight is 315 g/mol. The molecule has 0 aliphatic heterocycles. The molecule has 3 aromatic carbocycles. The second-order valence-electron chi connectivity index (χ2n) is 6.25. The minimum atomic E-state index is 0.612. The lowest BCUT2D eigenvalue weighted by molar-refractivity contribution is 0.483. The van der Waals surface area contributed by atoms with Crippen LogP contribution in [0.4, 0.5) is 5.69 Å². The Labute approximate surface area is 143 Å². The number of fused-ring (bicyclic) bond motifs is 1. The van der Waals surface area contributed by atoms with Crippen LogP contribution in [0.25, 0.3) is 0 Å². The molecule has 3 aromatic rings. The normalized spacial score (nSPS) is 15.8. The lowest BCUT2D eigenvalue weighted by Gasteiger charge is -2.14. The van der Waals surface area contributed by atoms with Crippen LogP contribution in [-0.4, -0.2) is 6.54 Å². The third-order valence-corrected chi connectivity index (χ3v) is 4.64. The van der Waals surface area contributed by atoms with E-state index in [1.54, 1.807) is 0 Å². The van der Waals surface area contributed by atoms with Gasteiger partial charge in [-0.1, -0.05) is 42.5 Å². The minimum absolute atomic E-state index is 0.612. The zero-order valence-electron chi connectivity index (χ0n) is 13.6. The van der Waals surface area contributed by atoms with Crippen LogP contribution in [0.2, 0.25) is 0 Å². The van der Waals surface area contributed by atoms with Gasteiger partial charge in [0.1, 0.15) is 11.5 Å². The molecule has 0 aromatic heterocycles.